The van der Waals surface area contributed by atoms with E-state index in [9.17, 15) is 14.9 Å². The molecule has 2 aromatic carbocycles. The van der Waals surface area contributed by atoms with Gasteiger partial charge in [-0.25, -0.2) is 4.98 Å². The van der Waals surface area contributed by atoms with Crippen LogP contribution in [0.4, 0.5) is 0 Å². The van der Waals surface area contributed by atoms with Gasteiger partial charge < -0.3 is 15.0 Å². The van der Waals surface area contributed by atoms with Gasteiger partial charge in [0.05, 0.1) is 0 Å². The van der Waals surface area contributed by atoms with Crippen molar-refractivity contribution in [1.82, 2.24) is 15.3 Å². The third kappa shape index (κ3) is 5.28. The molecule has 152 valence electrons. The summed E-state index contributed by atoms with van der Waals surface area (Å²) in [5.41, 5.74) is 0.971. The number of carbonyl (C=O) groups excluding carboxylic acids is 1. The maximum Gasteiger partial charge on any atom is 0.270 e. The summed E-state index contributed by atoms with van der Waals surface area (Å²) in [4.78, 5) is 31.4. The molecule has 3 aromatic rings. The minimum Gasteiger partial charge on any atom is -0.483 e. The number of hydrogen-bond acceptors (Lipinski definition) is 6. The number of carbonyl (C=O) groups is 1. The molecule has 0 radical (unpaired) electrons. The standard InChI is InChI=1S/C21H17BrN4O3S/c1-30-21-25-19(16(10-23)20(28)26-21)15-9-14(22)7-8-17(15)29-12-18(27)24-11-13-5-3-2-4-6-13/h2-9H,11-12H2,1H3,(H,24,27)(H,25,26,28). The Bertz CT molecular complexity index is 1160. The molecule has 7 nitrogen and oxygen atoms in total. The quantitative estimate of drug-likeness (QED) is 0.392. The molecule has 0 spiro atoms. The van der Waals surface area contributed by atoms with Crippen molar-refractivity contribution in [3.05, 3.63) is 74.5 Å². The summed E-state index contributed by atoms with van der Waals surface area (Å²) in [5.74, 6) is 0.0478. The van der Waals surface area contributed by atoms with E-state index in [-0.39, 0.29) is 23.8 Å². The largest absolute Gasteiger partial charge is 0.483 e. The molecule has 0 aliphatic rings. The maximum absolute atomic E-state index is 12.3. The molecule has 1 aromatic heterocycles. The number of nitrogens with zero attached hydrogens (tertiary/aromatic N) is 2. The monoisotopic (exact) mass is 484 g/mol. The van der Waals surface area contributed by atoms with E-state index < -0.39 is 5.56 Å². The molecule has 9 heteroatoms. The van der Waals surface area contributed by atoms with E-state index in [0.717, 1.165) is 10.0 Å². The number of nitrogens with one attached hydrogen (secondary N) is 2. The van der Waals surface area contributed by atoms with Crippen LogP contribution in [0.15, 0.2) is 63.0 Å². The van der Waals surface area contributed by atoms with E-state index >= 15 is 0 Å². The molecule has 0 unspecified atom stereocenters. The van der Waals surface area contributed by atoms with Crippen molar-refractivity contribution in [2.24, 2.45) is 0 Å². The second-order valence-corrected chi connectivity index (χ2v) is 7.81. The van der Waals surface area contributed by atoms with Gasteiger partial charge in [0, 0.05) is 16.6 Å². The van der Waals surface area contributed by atoms with Gasteiger partial charge in [0.15, 0.2) is 11.8 Å². The normalized spacial score (nSPS) is 10.3. The van der Waals surface area contributed by atoms with Gasteiger partial charge in [0.2, 0.25) is 0 Å². The molecule has 0 saturated carbocycles. The van der Waals surface area contributed by atoms with Crippen LogP contribution in [0.5, 0.6) is 5.75 Å². The van der Waals surface area contributed by atoms with Gasteiger partial charge in [-0.3, -0.25) is 9.59 Å². The summed E-state index contributed by atoms with van der Waals surface area (Å²) in [6.45, 7) is 0.170. The number of ether oxygens (including phenoxy) is 1. The summed E-state index contributed by atoms with van der Waals surface area (Å²) in [6, 6.07) is 16.5. The summed E-state index contributed by atoms with van der Waals surface area (Å²) in [6.07, 6.45) is 1.77. The topological polar surface area (TPSA) is 108 Å². The van der Waals surface area contributed by atoms with E-state index in [2.05, 4.69) is 31.2 Å². The predicted octanol–water partition coefficient (Wildman–Crippen LogP) is 3.49. The van der Waals surface area contributed by atoms with Crippen molar-refractivity contribution in [3.8, 4) is 23.1 Å². The lowest BCUT2D eigenvalue weighted by molar-refractivity contribution is -0.123. The minimum absolute atomic E-state index is 0.121. The summed E-state index contributed by atoms with van der Waals surface area (Å²) in [5, 5.41) is 12.6. The number of nitriles is 1. The molecule has 2 N–H and O–H groups in total. The molecule has 30 heavy (non-hydrogen) atoms. The van der Waals surface area contributed by atoms with Crippen LogP contribution < -0.4 is 15.6 Å². The zero-order valence-corrected chi connectivity index (χ0v) is 18.3. The zero-order valence-electron chi connectivity index (χ0n) is 15.9. The molecule has 3 rings (SSSR count). The van der Waals surface area contributed by atoms with E-state index in [0.29, 0.717) is 23.0 Å². The van der Waals surface area contributed by atoms with E-state index in [1.807, 2.05) is 36.4 Å². The third-order valence-electron chi connectivity index (χ3n) is 4.09. The SMILES string of the molecule is CSc1nc(-c2cc(Br)ccc2OCC(=O)NCc2ccccc2)c(C#N)c(=O)[nH]1. The van der Waals surface area contributed by atoms with Gasteiger partial charge >= 0.3 is 0 Å². The van der Waals surface area contributed by atoms with Crippen LogP contribution in [0.25, 0.3) is 11.3 Å². The van der Waals surface area contributed by atoms with Crippen molar-refractivity contribution >= 4 is 33.6 Å². The fourth-order valence-corrected chi connectivity index (χ4v) is 3.39. The molecule has 0 saturated heterocycles. The minimum atomic E-state index is -0.529. The number of hydrogen-bond donors (Lipinski definition) is 2. The molecule has 1 amide bonds. The molecule has 0 atom stereocenters. The van der Waals surface area contributed by atoms with E-state index in [1.165, 1.54) is 11.8 Å². The van der Waals surface area contributed by atoms with Crippen LogP contribution >= 0.6 is 27.7 Å². The lowest BCUT2D eigenvalue weighted by Gasteiger charge is -2.13. The van der Waals surface area contributed by atoms with Gasteiger partial charge in [-0.1, -0.05) is 58.0 Å². The Morgan fingerprint density at radius 2 is 2.07 bits per heavy atom. The highest BCUT2D eigenvalue weighted by Gasteiger charge is 2.18. The molecular formula is C21H17BrN4O3S. The zero-order chi connectivity index (χ0) is 21.5. The van der Waals surface area contributed by atoms with Crippen LogP contribution in [0.3, 0.4) is 0 Å². The molecule has 0 aliphatic heterocycles. The second-order valence-electron chi connectivity index (χ2n) is 6.10. The highest BCUT2D eigenvalue weighted by molar-refractivity contribution is 9.10. The first-order chi connectivity index (χ1) is 14.5. The lowest BCUT2D eigenvalue weighted by Crippen LogP contribution is -2.28. The van der Waals surface area contributed by atoms with Crippen molar-refractivity contribution in [3.63, 3.8) is 0 Å². The molecule has 0 bridgehead atoms. The van der Waals surface area contributed by atoms with Crippen molar-refractivity contribution < 1.29 is 9.53 Å². The number of benzene rings is 2. The summed E-state index contributed by atoms with van der Waals surface area (Å²) >= 11 is 4.64. The molecule has 0 aliphatic carbocycles. The van der Waals surface area contributed by atoms with E-state index in [4.69, 9.17) is 4.74 Å². The second kappa shape index (κ2) is 10.1. The number of rotatable bonds is 7. The molecular weight excluding hydrogens is 468 g/mol. The van der Waals surface area contributed by atoms with Crippen LogP contribution in [-0.2, 0) is 11.3 Å². The Balaban J connectivity index is 1.83. The van der Waals surface area contributed by atoms with Gasteiger partial charge in [0.1, 0.15) is 23.1 Å². The van der Waals surface area contributed by atoms with E-state index in [1.54, 1.807) is 24.5 Å². The van der Waals surface area contributed by atoms with Gasteiger partial charge in [0.25, 0.3) is 11.5 Å². The Labute approximate surface area is 185 Å². The number of aromatic amines is 1. The Morgan fingerprint density at radius 1 is 1.30 bits per heavy atom. The van der Waals surface area contributed by atoms with Gasteiger partial charge in [-0.05, 0) is 30.0 Å². The van der Waals surface area contributed by atoms with Gasteiger partial charge in [-0.2, -0.15) is 5.26 Å². The third-order valence-corrected chi connectivity index (χ3v) is 5.16. The van der Waals surface area contributed by atoms with Crippen molar-refractivity contribution in [1.29, 1.82) is 5.26 Å². The van der Waals surface area contributed by atoms with Crippen LogP contribution in [0, 0.1) is 11.3 Å². The number of thioether (sulfide) groups is 1. The highest BCUT2D eigenvalue weighted by Crippen LogP contribution is 2.33. The predicted molar refractivity (Wildman–Crippen MR) is 118 cm³/mol. The Morgan fingerprint density at radius 3 is 2.77 bits per heavy atom. The fraction of sp³-hybridized carbons (Fsp3) is 0.143. The van der Waals surface area contributed by atoms with Gasteiger partial charge in [-0.15, -0.1) is 0 Å². The average molecular weight is 485 g/mol. The smallest absolute Gasteiger partial charge is 0.270 e. The first-order valence-corrected chi connectivity index (χ1v) is 10.9. The molecule has 0 fully saturated rings. The van der Waals surface area contributed by atoms with Crippen LogP contribution in [-0.4, -0.2) is 28.7 Å². The summed E-state index contributed by atoms with van der Waals surface area (Å²) in [7, 11) is 0. The maximum atomic E-state index is 12.3. The number of aromatic nitrogens is 2. The van der Waals surface area contributed by atoms with Crippen molar-refractivity contribution in [2.75, 3.05) is 12.9 Å². The summed E-state index contributed by atoms with van der Waals surface area (Å²) < 4.78 is 6.43. The lowest BCUT2D eigenvalue weighted by atomic mass is 10.1. The number of halogens is 1. The fourth-order valence-electron chi connectivity index (χ4n) is 2.65. The first-order valence-electron chi connectivity index (χ1n) is 8.83. The average Bonchev–Trinajstić information content (AvgIpc) is 2.76. The number of amides is 1. The van der Waals surface area contributed by atoms with Crippen LogP contribution in [0.1, 0.15) is 11.1 Å². The highest BCUT2D eigenvalue weighted by atomic mass is 79.9. The Hall–Kier alpha value is -3.09. The first kappa shape index (κ1) is 21.6. The number of H-pyrrole nitrogens is 1. The molecule has 1 heterocycles. The van der Waals surface area contributed by atoms with Crippen molar-refractivity contribution in [2.45, 2.75) is 11.7 Å². The Kier molecular flexibility index (Phi) is 7.27. The van der Waals surface area contributed by atoms with Crippen LogP contribution in [0.2, 0.25) is 0 Å².